The zero-order valence-corrected chi connectivity index (χ0v) is 19.4. The molecule has 2 heterocycles. The van der Waals surface area contributed by atoms with Crippen LogP contribution in [0, 0.1) is 6.92 Å². The lowest BCUT2D eigenvalue weighted by atomic mass is 10.0. The number of halogens is 1. The molecule has 0 aliphatic carbocycles. The first-order valence-electron chi connectivity index (χ1n) is 10.7. The Balaban J connectivity index is 1.49. The monoisotopic (exact) mass is 471 g/mol. The van der Waals surface area contributed by atoms with E-state index in [0.29, 0.717) is 22.3 Å². The van der Waals surface area contributed by atoms with Crippen molar-refractivity contribution in [2.45, 2.75) is 13.0 Å². The molecule has 0 fully saturated rings. The average molecular weight is 472 g/mol. The van der Waals surface area contributed by atoms with Crippen LogP contribution in [0.2, 0.25) is 5.02 Å². The van der Waals surface area contributed by atoms with E-state index in [0.717, 1.165) is 16.8 Å². The second-order valence-corrected chi connectivity index (χ2v) is 8.39. The molecule has 1 aromatic heterocycles. The molecule has 0 bridgehead atoms. The first-order valence-corrected chi connectivity index (χ1v) is 11.1. The number of carbonyl (C=O) groups excluding carboxylic acids is 1. The topological polar surface area (TPSA) is 81.1 Å². The number of amides is 1. The van der Waals surface area contributed by atoms with Crippen LogP contribution in [0.3, 0.4) is 0 Å². The Labute approximate surface area is 202 Å². The summed E-state index contributed by atoms with van der Waals surface area (Å²) >= 11 is 6.08. The highest BCUT2D eigenvalue weighted by Crippen LogP contribution is 2.33. The summed E-state index contributed by atoms with van der Waals surface area (Å²) in [6.07, 6.45) is 2.09. The van der Waals surface area contributed by atoms with Gasteiger partial charge in [0.15, 0.2) is 0 Å². The molecule has 0 radical (unpaired) electrons. The van der Waals surface area contributed by atoms with Crippen molar-refractivity contribution in [3.63, 3.8) is 0 Å². The highest BCUT2D eigenvalue weighted by atomic mass is 35.5. The van der Waals surface area contributed by atoms with Gasteiger partial charge in [-0.05, 0) is 54.5 Å². The molecule has 1 unspecified atom stereocenters. The largest absolute Gasteiger partial charge is 0.497 e. The molecule has 34 heavy (non-hydrogen) atoms. The second kappa shape index (κ2) is 9.03. The van der Waals surface area contributed by atoms with Crippen LogP contribution in [0.1, 0.15) is 33.1 Å². The fourth-order valence-corrected chi connectivity index (χ4v) is 3.91. The maximum atomic E-state index is 12.8. The summed E-state index contributed by atoms with van der Waals surface area (Å²) in [6, 6.07) is 22.6. The summed E-state index contributed by atoms with van der Waals surface area (Å²) in [5.74, 6) is 1.01. The third-order valence-electron chi connectivity index (χ3n) is 5.60. The quantitative estimate of drug-likeness (QED) is 0.398. The van der Waals surface area contributed by atoms with Gasteiger partial charge < -0.3 is 10.1 Å². The van der Waals surface area contributed by atoms with Crippen LogP contribution < -0.4 is 15.4 Å². The van der Waals surface area contributed by atoms with E-state index in [-0.39, 0.29) is 17.9 Å². The Hall–Kier alpha value is -4.10. The molecular weight excluding hydrogens is 450 g/mol. The molecule has 0 saturated carbocycles. The van der Waals surface area contributed by atoms with Gasteiger partial charge in [-0.3, -0.25) is 10.1 Å². The highest BCUT2D eigenvalue weighted by Gasteiger charge is 2.26. The molecule has 1 aliphatic rings. The number of nitrogens with one attached hydrogen (secondary N) is 2. The number of aromatic nitrogens is 3. The minimum absolute atomic E-state index is 0.207. The number of benzene rings is 3. The number of ether oxygens (including phenoxy) is 1. The van der Waals surface area contributed by atoms with Gasteiger partial charge in [-0.1, -0.05) is 59.6 Å². The van der Waals surface area contributed by atoms with E-state index in [4.69, 9.17) is 16.3 Å². The van der Waals surface area contributed by atoms with Crippen molar-refractivity contribution in [2.75, 3.05) is 17.7 Å². The predicted molar refractivity (Wildman–Crippen MR) is 133 cm³/mol. The molecule has 3 aromatic carbocycles. The number of hydrogen-bond acceptors (Lipinski definition) is 5. The van der Waals surface area contributed by atoms with Gasteiger partial charge in [0.25, 0.3) is 11.9 Å². The van der Waals surface area contributed by atoms with E-state index in [9.17, 15) is 4.79 Å². The molecule has 1 atom stereocenters. The summed E-state index contributed by atoms with van der Waals surface area (Å²) in [5, 5.41) is 11.4. The highest BCUT2D eigenvalue weighted by molar-refractivity contribution is 6.30. The van der Waals surface area contributed by atoms with Gasteiger partial charge in [0.2, 0.25) is 5.95 Å². The lowest BCUT2D eigenvalue weighted by Crippen LogP contribution is -2.20. The van der Waals surface area contributed by atoms with Crippen molar-refractivity contribution in [3.05, 3.63) is 106 Å². The Morgan fingerprint density at radius 1 is 1.09 bits per heavy atom. The van der Waals surface area contributed by atoms with E-state index >= 15 is 0 Å². The fourth-order valence-electron chi connectivity index (χ4n) is 3.78. The normalized spacial score (nSPS) is 14.6. The molecule has 1 amide bonds. The number of aryl methyl sites for hydroxylation is 1. The van der Waals surface area contributed by atoms with E-state index in [2.05, 4.69) is 51.1 Å². The van der Waals surface area contributed by atoms with Crippen LogP contribution in [-0.4, -0.2) is 27.8 Å². The van der Waals surface area contributed by atoms with Crippen molar-refractivity contribution < 1.29 is 9.53 Å². The Morgan fingerprint density at radius 3 is 2.59 bits per heavy atom. The summed E-state index contributed by atoms with van der Waals surface area (Å²) < 4.78 is 6.98. The molecule has 0 spiro atoms. The average Bonchev–Trinajstić information content (AvgIpc) is 3.26. The molecule has 170 valence electrons. The van der Waals surface area contributed by atoms with Gasteiger partial charge in [0.1, 0.15) is 11.8 Å². The van der Waals surface area contributed by atoms with Crippen molar-refractivity contribution in [1.82, 2.24) is 14.8 Å². The maximum Gasteiger partial charge on any atom is 0.258 e. The van der Waals surface area contributed by atoms with Gasteiger partial charge in [-0.25, -0.2) is 4.68 Å². The van der Waals surface area contributed by atoms with E-state index in [1.54, 1.807) is 36.1 Å². The number of allylic oxidation sites excluding steroid dienone is 1. The molecule has 0 saturated heterocycles. The molecular formula is C26H22ClN5O2. The number of anilines is 2. The van der Waals surface area contributed by atoms with Gasteiger partial charge in [-0.15, -0.1) is 5.10 Å². The molecule has 2 N–H and O–H groups in total. The molecule has 5 rings (SSSR count). The van der Waals surface area contributed by atoms with Crippen molar-refractivity contribution in [1.29, 1.82) is 0 Å². The molecule has 4 aromatic rings. The summed E-state index contributed by atoms with van der Waals surface area (Å²) in [7, 11) is 1.56. The summed E-state index contributed by atoms with van der Waals surface area (Å²) in [6.45, 7) is 2.05. The predicted octanol–water partition coefficient (Wildman–Crippen LogP) is 5.56. The first-order chi connectivity index (χ1) is 16.5. The zero-order chi connectivity index (χ0) is 23.7. The molecule has 7 nitrogen and oxygen atoms in total. The Morgan fingerprint density at radius 2 is 1.85 bits per heavy atom. The van der Waals surface area contributed by atoms with Crippen molar-refractivity contribution in [3.8, 4) is 5.75 Å². The number of rotatable bonds is 5. The summed E-state index contributed by atoms with van der Waals surface area (Å²) in [4.78, 5) is 17.4. The van der Waals surface area contributed by atoms with Gasteiger partial charge in [0.05, 0.1) is 7.11 Å². The molecule has 1 aliphatic heterocycles. The van der Waals surface area contributed by atoms with Crippen LogP contribution in [0.4, 0.5) is 11.9 Å². The number of hydrogen-bond donors (Lipinski definition) is 2. The molecule has 8 heteroatoms. The smallest absolute Gasteiger partial charge is 0.258 e. The minimum atomic E-state index is -0.320. The fraction of sp³-hybridized carbons (Fsp3) is 0.115. The van der Waals surface area contributed by atoms with Gasteiger partial charge in [0, 0.05) is 16.3 Å². The second-order valence-electron chi connectivity index (χ2n) is 7.96. The van der Waals surface area contributed by atoms with Crippen LogP contribution in [0.5, 0.6) is 5.75 Å². The Bertz CT molecular complexity index is 1380. The van der Waals surface area contributed by atoms with Crippen LogP contribution in [0.15, 0.2) is 78.9 Å². The number of fused-ring (bicyclic) bond motifs is 1. The lowest BCUT2D eigenvalue weighted by Gasteiger charge is -2.24. The number of methoxy groups -OCH3 is 1. The lowest BCUT2D eigenvalue weighted by molar-refractivity contribution is 0.102. The minimum Gasteiger partial charge on any atom is -0.497 e. The van der Waals surface area contributed by atoms with E-state index < -0.39 is 0 Å². The van der Waals surface area contributed by atoms with Gasteiger partial charge >= 0.3 is 0 Å². The number of carbonyl (C=O) groups is 1. The number of nitrogens with zero attached hydrogens (tertiary/aromatic N) is 3. The van der Waals surface area contributed by atoms with Crippen molar-refractivity contribution in [2.24, 2.45) is 0 Å². The Kier molecular flexibility index (Phi) is 5.77. The van der Waals surface area contributed by atoms with E-state index in [1.165, 1.54) is 5.56 Å². The third-order valence-corrected chi connectivity index (χ3v) is 5.85. The van der Waals surface area contributed by atoms with Crippen LogP contribution in [-0.2, 0) is 0 Å². The van der Waals surface area contributed by atoms with Crippen LogP contribution in [0.25, 0.3) is 5.70 Å². The van der Waals surface area contributed by atoms with Crippen molar-refractivity contribution >= 4 is 35.1 Å². The van der Waals surface area contributed by atoms with Crippen LogP contribution >= 0.6 is 11.6 Å². The SMILES string of the molecule is COc1cccc(C(=O)Nc2nc3n(n2)C(c2ccc(C)cc2)C=C(c2ccc(Cl)cc2)N3)c1. The first kappa shape index (κ1) is 21.7. The third kappa shape index (κ3) is 4.38. The van der Waals surface area contributed by atoms with Gasteiger partial charge in [-0.2, -0.15) is 4.98 Å². The maximum absolute atomic E-state index is 12.8. The van der Waals surface area contributed by atoms with E-state index in [1.807, 2.05) is 31.2 Å². The zero-order valence-electron chi connectivity index (χ0n) is 18.6. The summed E-state index contributed by atoms with van der Waals surface area (Å²) in [5.41, 5.74) is 4.53. The standard InChI is InChI=1S/C26H22ClN5O2/c1-16-6-8-18(9-7-16)23-15-22(17-10-12-20(27)13-11-17)28-26-30-25(31-32(23)26)29-24(33)19-4-3-5-21(14-19)34-2/h3-15,23H,1-2H3,(H2,28,29,30,31,33).